The Morgan fingerprint density at radius 2 is 2.00 bits per heavy atom. The third-order valence-electron chi connectivity index (χ3n) is 3.33. The topological polar surface area (TPSA) is 52.6 Å². The predicted molar refractivity (Wildman–Crippen MR) is 83.7 cm³/mol. The molecule has 1 aromatic carbocycles. The maximum absolute atomic E-state index is 12.0. The maximum Gasteiger partial charge on any atom is 0.341 e. The summed E-state index contributed by atoms with van der Waals surface area (Å²) in [5, 5.41) is 0. The van der Waals surface area contributed by atoms with Gasteiger partial charge in [-0.3, -0.25) is 4.79 Å². The van der Waals surface area contributed by atoms with Crippen LogP contribution >= 0.6 is 0 Å². The monoisotopic (exact) mass is 300 g/mol. The van der Waals surface area contributed by atoms with Crippen molar-refractivity contribution in [3.63, 3.8) is 0 Å². The largest absolute Gasteiger partial charge is 0.462 e. The van der Waals surface area contributed by atoms with Crippen molar-refractivity contribution in [2.75, 3.05) is 6.61 Å². The van der Waals surface area contributed by atoms with Crippen molar-refractivity contribution in [3.8, 4) is 5.75 Å². The molecule has 2 rings (SSSR count). The molecule has 0 fully saturated rings. The van der Waals surface area contributed by atoms with Crippen LogP contribution in [0.15, 0.2) is 48.1 Å². The smallest absolute Gasteiger partial charge is 0.341 e. The number of esters is 2. The molecule has 0 atom stereocenters. The van der Waals surface area contributed by atoms with Gasteiger partial charge < -0.3 is 9.47 Å². The Morgan fingerprint density at radius 1 is 1.18 bits per heavy atom. The van der Waals surface area contributed by atoms with Gasteiger partial charge in [-0.2, -0.15) is 0 Å². The van der Waals surface area contributed by atoms with Crippen LogP contribution in [0, 0.1) is 0 Å². The van der Waals surface area contributed by atoms with Gasteiger partial charge in [-0.25, -0.2) is 4.79 Å². The summed E-state index contributed by atoms with van der Waals surface area (Å²) in [5.74, 6) is -0.681. The lowest BCUT2D eigenvalue weighted by Gasteiger charge is -2.09. The number of unbranched alkanes of at least 4 members (excludes halogenated alkanes) is 1. The van der Waals surface area contributed by atoms with E-state index in [0.29, 0.717) is 6.61 Å². The van der Waals surface area contributed by atoms with Gasteiger partial charge in [0.05, 0.1) is 6.61 Å². The van der Waals surface area contributed by atoms with E-state index in [-0.39, 0.29) is 11.3 Å². The Kier molecular flexibility index (Phi) is 5.95. The van der Waals surface area contributed by atoms with Crippen molar-refractivity contribution >= 4 is 11.9 Å². The number of carbonyl (C=O) groups is 2. The fraction of sp³-hybridized carbons (Fsp3) is 0.333. The highest BCUT2D eigenvalue weighted by Crippen LogP contribution is 2.20. The number of hydrogen-bond donors (Lipinski definition) is 0. The lowest BCUT2D eigenvalue weighted by Crippen LogP contribution is -2.11. The molecule has 1 aromatic rings. The summed E-state index contributed by atoms with van der Waals surface area (Å²) in [4.78, 5) is 23.1. The molecule has 22 heavy (non-hydrogen) atoms. The van der Waals surface area contributed by atoms with Crippen molar-refractivity contribution in [1.29, 1.82) is 0 Å². The molecule has 0 spiro atoms. The van der Waals surface area contributed by atoms with E-state index in [1.807, 2.05) is 0 Å². The van der Waals surface area contributed by atoms with Crippen LogP contribution in [-0.2, 0) is 9.53 Å². The van der Waals surface area contributed by atoms with Crippen LogP contribution < -0.4 is 4.74 Å². The Labute approximate surface area is 130 Å². The zero-order chi connectivity index (χ0) is 15.8. The number of para-hydroxylation sites is 1. The summed E-state index contributed by atoms with van der Waals surface area (Å²) in [7, 11) is 0. The number of rotatable bonds is 7. The van der Waals surface area contributed by atoms with Crippen molar-refractivity contribution in [2.24, 2.45) is 0 Å². The molecular weight excluding hydrogens is 280 g/mol. The Hall–Kier alpha value is -2.36. The first-order valence-corrected chi connectivity index (χ1v) is 7.46. The van der Waals surface area contributed by atoms with Gasteiger partial charge in [0.25, 0.3) is 0 Å². The van der Waals surface area contributed by atoms with Crippen LogP contribution in [0.3, 0.4) is 0 Å². The number of allylic oxidation sites excluding steroid dienone is 4. The fourth-order valence-corrected chi connectivity index (χ4v) is 2.25. The molecule has 1 aliphatic carbocycles. The summed E-state index contributed by atoms with van der Waals surface area (Å²) in [5.41, 5.74) is 1.70. The average molecular weight is 300 g/mol. The molecule has 0 aliphatic heterocycles. The van der Waals surface area contributed by atoms with E-state index in [1.54, 1.807) is 24.3 Å². The molecular formula is C18H20O4. The maximum atomic E-state index is 12.0. The molecule has 0 unspecified atom stereocenters. The van der Waals surface area contributed by atoms with E-state index in [4.69, 9.17) is 9.47 Å². The van der Waals surface area contributed by atoms with E-state index in [1.165, 1.54) is 12.5 Å². The first kappa shape index (κ1) is 16.0. The average Bonchev–Trinajstić information content (AvgIpc) is 3.00. The van der Waals surface area contributed by atoms with Crippen LogP contribution in [0.5, 0.6) is 5.75 Å². The highest BCUT2D eigenvalue weighted by molar-refractivity contribution is 5.93. The molecule has 4 nitrogen and oxygen atoms in total. The molecule has 0 radical (unpaired) electrons. The van der Waals surface area contributed by atoms with Crippen molar-refractivity contribution in [3.05, 3.63) is 53.6 Å². The van der Waals surface area contributed by atoms with E-state index in [2.05, 4.69) is 18.2 Å². The van der Waals surface area contributed by atoms with Gasteiger partial charge in [0.1, 0.15) is 11.3 Å². The molecule has 1 aliphatic rings. The standard InChI is InChI=1S/C18H20O4/c1-14(19)22-17-12-5-4-11-16(17)18(20)21-13-7-6-10-15-8-2-3-9-15/h2-5,8,11-12H,6-7,9-10,13H2,1H3. The summed E-state index contributed by atoms with van der Waals surface area (Å²) < 4.78 is 10.3. The van der Waals surface area contributed by atoms with E-state index in [0.717, 1.165) is 25.7 Å². The Morgan fingerprint density at radius 3 is 2.73 bits per heavy atom. The molecule has 116 valence electrons. The first-order chi connectivity index (χ1) is 10.7. The molecule has 0 aromatic heterocycles. The van der Waals surface area contributed by atoms with E-state index in [9.17, 15) is 9.59 Å². The zero-order valence-corrected chi connectivity index (χ0v) is 12.7. The van der Waals surface area contributed by atoms with Crippen LogP contribution in [-0.4, -0.2) is 18.5 Å². The number of ether oxygens (including phenoxy) is 2. The second-order valence-corrected chi connectivity index (χ2v) is 5.14. The van der Waals surface area contributed by atoms with Gasteiger partial charge in [0.15, 0.2) is 0 Å². The SMILES string of the molecule is CC(=O)Oc1ccccc1C(=O)OCCCCC1=CC=CC1. The predicted octanol–water partition coefficient (Wildman–Crippen LogP) is 3.83. The van der Waals surface area contributed by atoms with Crippen molar-refractivity contribution in [2.45, 2.75) is 32.6 Å². The molecule has 0 bridgehead atoms. The van der Waals surface area contributed by atoms with Gasteiger partial charge in [-0.05, 0) is 37.8 Å². The Balaban J connectivity index is 1.76. The van der Waals surface area contributed by atoms with Gasteiger partial charge in [-0.1, -0.05) is 35.9 Å². The quantitative estimate of drug-likeness (QED) is 0.436. The summed E-state index contributed by atoms with van der Waals surface area (Å²) in [6.07, 6.45) is 10.2. The molecule has 0 amide bonds. The lowest BCUT2D eigenvalue weighted by molar-refractivity contribution is -0.131. The van der Waals surface area contributed by atoms with Gasteiger partial charge >= 0.3 is 11.9 Å². The minimum absolute atomic E-state index is 0.238. The van der Waals surface area contributed by atoms with Crippen LogP contribution in [0.2, 0.25) is 0 Å². The second-order valence-electron chi connectivity index (χ2n) is 5.14. The van der Waals surface area contributed by atoms with Crippen molar-refractivity contribution < 1.29 is 19.1 Å². The summed E-state index contributed by atoms with van der Waals surface area (Å²) in [6.45, 7) is 1.67. The third kappa shape index (κ3) is 4.88. The summed E-state index contributed by atoms with van der Waals surface area (Å²) in [6, 6.07) is 6.59. The number of hydrogen-bond acceptors (Lipinski definition) is 4. The Bertz CT molecular complexity index is 599. The van der Waals surface area contributed by atoms with Gasteiger partial charge in [-0.15, -0.1) is 0 Å². The molecule has 0 N–H and O–H groups in total. The normalized spacial score (nSPS) is 12.9. The zero-order valence-electron chi connectivity index (χ0n) is 12.7. The number of carbonyl (C=O) groups excluding carboxylic acids is 2. The van der Waals surface area contributed by atoms with Crippen LogP contribution in [0.1, 0.15) is 43.0 Å². The van der Waals surface area contributed by atoms with Gasteiger partial charge in [0, 0.05) is 6.92 Å². The molecule has 0 saturated carbocycles. The lowest BCUT2D eigenvalue weighted by atomic mass is 10.1. The molecule has 0 heterocycles. The summed E-state index contributed by atoms with van der Waals surface area (Å²) >= 11 is 0. The highest BCUT2D eigenvalue weighted by Gasteiger charge is 2.14. The second kappa shape index (κ2) is 8.17. The fourth-order valence-electron chi connectivity index (χ4n) is 2.25. The molecule has 0 saturated heterocycles. The first-order valence-electron chi connectivity index (χ1n) is 7.46. The van der Waals surface area contributed by atoms with Crippen molar-refractivity contribution in [1.82, 2.24) is 0 Å². The van der Waals surface area contributed by atoms with Crippen LogP contribution in [0.4, 0.5) is 0 Å². The highest BCUT2D eigenvalue weighted by atomic mass is 16.5. The minimum Gasteiger partial charge on any atom is -0.462 e. The molecule has 4 heteroatoms. The van der Waals surface area contributed by atoms with E-state index < -0.39 is 11.9 Å². The van der Waals surface area contributed by atoms with Gasteiger partial charge in [0.2, 0.25) is 0 Å². The third-order valence-corrected chi connectivity index (χ3v) is 3.33. The van der Waals surface area contributed by atoms with E-state index >= 15 is 0 Å². The van der Waals surface area contributed by atoms with Crippen LogP contribution in [0.25, 0.3) is 0 Å². The number of benzene rings is 1. The minimum atomic E-state index is -0.460.